The summed E-state index contributed by atoms with van der Waals surface area (Å²) in [4.78, 5) is 14.3. The van der Waals surface area contributed by atoms with Gasteiger partial charge in [0, 0.05) is 13.1 Å². The van der Waals surface area contributed by atoms with Crippen molar-refractivity contribution >= 4 is 11.7 Å². The molecule has 1 aliphatic rings. The maximum Gasteiger partial charge on any atom is 0.271 e. The second-order valence-electron chi connectivity index (χ2n) is 5.63. The summed E-state index contributed by atoms with van der Waals surface area (Å²) in [5, 5.41) is 13.9. The molecule has 2 heterocycles. The number of nitrogens with zero attached hydrogens (tertiary/aromatic N) is 3. The van der Waals surface area contributed by atoms with Gasteiger partial charge >= 0.3 is 0 Å². The van der Waals surface area contributed by atoms with Crippen LogP contribution in [0.5, 0.6) is 0 Å². The Morgan fingerprint density at radius 3 is 2.71 bits per heavy atom. The van der Waals surface area contributed by atoms with Crippen molar-refractivity contribution in [1.29, 1.82) is 0 Å². The lowest BCUT2D eigenvalue weighted by atomic mass is 9.94. The molecule has 2 N–H and O–H groups in total. The topological polar surface area (TPSA) is 70.2 Å². The summed E-state index contributed by atoms with van der Waals surface area (Å²) in [5.41, 5.74) is 0.375. The van der Waals surface area contributed by atoms with E-state index in [9.17, 15) is 4.79 Å². The van der Waals surface area contributed by atoms with Crippen LogP contribution in [0.25, 0.3) is 0 Å². The maximum absolute atomic E-state index is 12.0. The van der Waals surface area contributed by atoms with Gasteiger partial charge in [-0.25, -0.2) is 0 Å². The lowest BCUT2D eigenvalue weighted by Gasteiger charge is -2.28. The molecular weight excluding hydrogens is 266 g/mol. The second kappa shape index (κ2) is 7.93. The van der Waals surface area contributed by atoms with Gasteiger partial charge in [0.05, 0.1) is 0 Å². The Labute approximate surface area is 126 Å². The molecule has 0 aliphatic carbocycles. The van der Waals surface area contributed by atoms with Crippen LogP contribution in [0.15, 0.2) is 12.1 Å². The summed E-state index contributed by atoms with van der Waals surface area (Å²) in [6.45, 7) is 5.82. The summed E-state index contributed by atoms with van der Waals surface area (Å²) >= 11 is 0. The molecule has 1 amide bonds. The highest BCUT2D eigenvalue weighted by molar-refractivity contribution is 5.92. The van der Waals surface area contributed by atoms with Crippen molar-refractivity contribution in [3.05, 3.63) is 17.8 Å². The minimum absolute atomic E-state index is 0.140. The number of carbonyl (C=O) groups excluding carboxylic acids is 1. The number of nitrogens with one attached hydrogen (secondary N) is 2. The van der Waals surface area contributed by atoms with Crippen molar-refractivity contribution in [1.82, 2.24) is 20.4 Å². The fraction of sp³-hybridized carbons (Fsp3) is 0.667. The van der Waals surface area contributed by atoms with E-state index in [4.69, 9.17) is 0 Å². The standard InChI is InChI=1S/C15H25N5O/c1-3-16-14-5-4-13(18-19-14)15(21)17-9-6-12-7-10-20(2)11-8-12/h4-5,12H,3,6-11H2,1-2H3,(H,16,19)(H,17,21). The molecule has 1 aromatic rings. The fourth-order valence-electron chi connectivity index (χ4n) is 2.56. The predicted octanol–water partition coefficient (Wildman–Crippen LogP) is 1.37. The van der Waals surface area contributed by atoms with Crippen molar-refractivity contribution in [3.8, 4) is 0 Å². The van der Waals surface area contributed by atoms with E-state index >= 15 is 0 Å². The molecular formula is C15H25N5O. The first-order chi connectivity index (χ1) is 10.2. The molecule has 116 valence electrons. The number of carbonyl (C=O) groups is 1. The maximum atomic E-state index is 12.0. The van der Waals surface area contributed by atoms with Crippen LogP contribution < -0.4 is 10.6 Å². The van der Waals surface area contributed by atoms with Crippen molar-refractivity contribution in [3.63, 3.8) is 0 Å². The molecule has 0 saturated carbocycles. The molecule has 0 bridgehead atoms. The van der Waals surface area contributed by atoms with Gasteiger partial charge in [-0.1, -0.05) is 0 Å². The SMILES string of the molecule is CCNc1ccc(C(=O)NCCC2CCN(C)CC2)nn1. The van der Waals surface area contributed by atoms with E-state index in [1.165, 1.54) is 12.8 Å². The third-order valence-corrected chi connectivity index (χ3v) is 3.93. The van der Waals surface area contributed by atoms with Crippen LogP contribution in [0.4, 0.5) is 5.82 Å². The Kier molecular flexibility index (Phi) is 5.92. The third-order valence-electron chi connectivity index (χ3n) is 3.93. The number of aromatic nitrogens is 2. The van der Waals surface area contributed by atoms with Crippen LogP contribution >= 0.6 is 0 Å². The van der Waals surface area contributed by atoms with Crippen LogP contribution in [0.1, 0.15) is 36.7 Å². The van der Waals surface area contributed by atoms with Gasteiger partial charge in [-0.15, -0.1) is 10.2 Å². The summed E-state index contributed by atoms with van der Waals surface area (Å²) in [6, 6.07) is 3.48. The van der Waals surface area contributed by atoms with Crippen LogP contribution in [0.3, 0.4) is 0 Å². The molecule has 1 aliphatic heterocycles. The van der Waals surface area contributed by atoms with Crippen LogP contribution in [-0.4, -0.2) is 54.2 Å². The highest BCUT2D eigenvalue weighted by atomic mass is 16.1. The van der Waals surface area contributed by atoms with Gasteiger partial charge in [-0.05, 0) is 64.4 Å². The number of piperidine rings is 1. The van der Waals surface area contributed by atoms with Gasteiger partial charge in [0.15, 0.2) is 5.69 Å². The van der Waals surface area contributed by atoms with Crippen LogP contribution in [0, 0.1) is 5.92 Å². The minimum Gasteiger partial charge on any atom is -0.369 e. The van der Waals surface area contributed by atoms with Gasteiger partial charge in [0.2, 0.25) is 0 Å². The largest absolute Gasteiger partial charge is 0.369 e. The molecule has 1 saturated heterocycles. The second-order valence-corrected chi connectivity index (χ2v) is 5.63. The molecule has 6 nitrogen and oxygen atoms in total. The summed E-state index contributed by atoms with van der Waals surface area (Å²) in [6.07, 6.45) is 3.50. The molecule has 1 fully saturated rings. The highest BCUT2D eigenvalue weighted by Gasteiger charge is 2.16. The first-order valence-electron chi connectivity index (χ1n) is 7.73. The molecule has 0 unspecified atom stereocenters. The first kappa shape index (κ1) is 15.7. The summed E-state index contributed by atoms with van der Waals surface area (Å²) < 4.78 is 0. The molecule has 1 aromatic heterocycles. The Bertz CT molecular complexity index is 440. The molecule has 0 radical (unpaired) electrons. The Morgan fingerprint density at radius 2 is 2.10 bits per heavy atom. The van der Waals surface area contributed by atoms with Crippen LogP contribution in [-0.2, 0) is 0 Å². The average molecular weight is 291 g/mol. The van der Waals surface area contributed by atoms with Gasteiger partial charge in [-0.2, -0.15) is 0 Å². The van der Waals surface area contributed by atoms with E-state index in [1.54, 1.807) is 12.1 Å². The van der Waals surface area contributed by atoms with E-state index in [2.05, 4.69) is 32.8 Å². The van der Waals surface area contributed by atoms with Crippen molar-refractivity contribution in [2.75, 3.05) is 38.5 Å². The third kappa shape index (κ3) is 4.97. The number of anilines is 1. The van der Waals surface area contributed by atoms with Crippen LogP contribution in [0.2, 0.25) is 0 Å². The monoisotopic (exact) mass is 291 g/mol. The average Bonchev–Trinajstić information content (AvgIpc) is 2.50. The van der Waals surface area contributed by atoms with E-state index in [1.807, 2.05) is 6.92 Å². The number of rotatable bonds is 6. The first-order valence-corrected chi connectivity index (χ1v) is 7.73. The van der Waals surface area contributed by atoms with E-state index in [0.29, 0.717) is 18.1 Å². The van der Waals surface area contributed by atoms with Crippen molar-refractivity contribution < 1.29 is 4.79 Å². The van der Waals surface area contributed by atoms with Crippen molar-refractivity contribution in [2.24, 2.45) is 5.92 Å². The van der Waals surface area contributed by atoms with E-state index in [-0.39, 0.29) is 5.91 Å². The fourth-order valence-corrected chi connectivity index (χ4v) is 2.56. The summed E-state index contributed by atoms with van der Waals surface area (Å²) in [7, 11) is 2.16. The zero-order valence-corrected chi connectivity index (χ0v) is 12.9. The van der Waals surface area contributed by atoms with E-state index in [0.717, 1.165) is 32.0 Å². The molecule has 0 spiro atoms. The number of hydrogen-bond acceptors (Lipinski definition) is 5. The van der Waals surface area contributed by atoms with E-state index < -0.39 is 0 Å². The normalized spacial score (nSPS) is 16.7. The van der Waals surface area contributed by atoms with Gasteiger partial charge < -0.3 is 15.5 Å². The minimum atomic E-state index is -0.140. The molecule has 21 heavy (non-hydrogen) atoms. The Balaban J connectivity index is 1.71. The van der Waals surface area contributed by atoms with Crippen molar-refractivity contribution in [2.45, 2.75) is 26.2 Å². The highest BCUT2D eigenvalue weighted by Crippen LogP contribution is 2.18. The Hall–Kier alpha value is -1.69. The Morgan fingerprint density at radius 1 is 1.33 bits per heavy atom. The predicted molar refractivity (Wildman–Crippen MR) is 83.4 cm³/mol. The summed E-state index contributed by atoms with van der Waals surface area (Å²) in [5.74, 6) is 1.28. The molecule has 0 aromatic carbocycles. The smallest absolute Gasteiger partial charge is 0.271 e. The van der Waals surface area contributed by atoms with Gasteiger partial charge in [0.25, 0.3) is 5.91 Å². The van der Waals surface area contributed by atoms with Gasteiger partial charge in [-0.3, -0.25) is 4.79 Å². The lowest BCUT2D eigenvalue weighted by Crippen LogP contribution is -2.33. The number of hydrogen-bond donors (Lipinski definition) is 2. The zero-order chi connectivity index (χ0) is 15.1. The quantitative estimate of drug-likeness (QED) is 0.828. The lowest BCUT2D eigenvalue weighted by molar-refractivity contribution is 0.0943. The number of likely N-dealkylation sites (tertiary alicyclic amines) is 1. The van der Waals surface area contributed by atoms with Gasteiger partial charge in [0.1, 0.15) is 5.82 Å². The molecule has 2 rings (SSSR count). The molecule has 6 heteroatoms. The molecule has 0 atom stereocenters. The number of amides is 1. The zero-order valence-electron chi connectivity index (χ0n) is 12.9.